The fraction of sp³-hybridized carbons (Fsp3) is 0.520. The van der Waals surface area contributed by atoms with E-state index in [0.29, 0.717) is 6.54 Å². The fourth-order valence-corrected chi connectivity index (χ4v) is 3.36. The number of dihydropyridines is 1. The van der Waals surface area contributed by atoms with Crippen LogP contribution >= 0.6 is 0 Å². The lowest BCUT2D eigenvalue weighted by Crippen LogP contribution is -2.35. The second kappa shape index (κ2) is 11.7. The molecular weight excluding hydrogens is 384 g/mol. The van der Waals surface area contributed by atoms with E-state index >= 15 is 0 Å². The van der Waals surface area contributed by atoms with E-state index in [9.17, 15) is 0 Å². The topological polar surface area (TPSA) is 73.4 Å². The molecule has 1 aliphatic rings. The normalized spacial score (nSPS) is 17.3. The summed E-state index contributed by atoms with van der Waals surface area (Å²) in [7, 11) is 1.97. The minimum atomic E-state index is 0.114. The highest BCUT2D eigenvalue weighted by Crippen LogP contribution is 2.20. The van der Waals surface area contributed by atoms with Crippen LogP contribution in [0.2, 0.25) is 0 Å². The van der Waals surface area contributed by atoms with Gasteiger partial charge in [0.25, 0.3) is 0 Å². The van der Waals surface area contributed by atoms with Gasteiger partial charge < -0.3 is 21.3 Å². The minimum absolute atomic E-state index is 0.114. The van der Waals surface area contributed by atoms with Crippen LogP contribution in [0.3, 0.4) is 0 Å². The first-order valence-corrected chi connectivity index (χ1v) is 11.3. The predicted molar refractivity (Wildman–Crippen MR) is 133 cm³/mol. The summed E-state index contributed by atoms with van der Waals surface area (Å²) < 4.78 is 0. The number of aromatic nitrogens is 1. The average Bonchev–Trinajstić information content (AvgIpc) is 2.72. The van der Waals surface area contributed by atoms with Gasteiger partial charge in [-0.25, -0.2) is 4.98 Å². The summed E-state index contributed by atoms with van der Waals surface area (Å²) >= 11 is 0. The smallest absolute Gasteiger partial charge is 0.128 e. The van der Waals surface area contributed by atoms with Crippen LogP contribution in [-0.4, -0.2) is 37.4 Å². The maximum atomic E-state index is 4.76. The van der Waals surface area contributed by atoms with Gasteiger partial charge in [-0.3, -0.25) is 4.99 Å². The Kier molecular flexibility index (Phi) is 9.31. The molecule has 6 nitrogen and oxygen atoms in total. The number of rotatable bonds is 10. The SMILES string of the molecule is CC/C=C(/NCC)C1=C(C=NCc2cnc(NCC(C)(C)C)c(C)c2)C(NC)C=CN1. The van der Waals surface area contributed by atoms with Gasteiger partial charge in [-0.2, -0.15) is 0 Å². The molecule has 0 spiro atoms. The monoisotopic (exact) mass is 424 g/mol. The number of anilines is 1. The molecule has 2 heterocycles. The number of nitrogens with zero attached hydrogens (tertiary/aromatic N) is 2. The third-order valence-electron chi connectivity index (χ3n) is 4.92. The average molecular weight is 425 g/mol. The summed E-state index contributed by atoms with van der Waals surface area (Å²) in [6.45, 7) is 15.4. The molecule has 0 saturated carbocycles. The summed E-state index contributed by atoms with van der Waals surface area (Å²) in [4.78, 5) is 9.38. The van der Waals surface area contributed by atoms with Crippen LogP contribution < -0.4 is 21.3 Å². The van der Waals surface area contributed by atoms with E-state index in [2.05, 4.69) is 86.0 Å². The summed E-state index contributed by atoms with van der Waals surface area (Å²) in [5, 5.41) is 13.7. The van der Waals surface area contributed by atoms with Gasteiger partial charge in [0.2, 0.25) is 0 Å². The van der Waals surface area contributed by atoms with Crippen molar-refractivity contribution in [3.63, 3.8) is 0 Å². The Bertz CT molecular complexity index is 842. The molecule has 0 aliphatic carbocycles. The van der Waals surface area contributed by atoms with Gasteiger partial charge >= 0.3 is 0 Å². The minimum Gasteiger partial charge on any atom is -0.384 e. The number of hydrogen-bond donors (Lipinski definition) is 4. The number of hydrogen-bond acceptors (Lipinski definition) is 6. The molecule has 0 saturated heterocycles. The van der Waals surface area contributed by atoms with Crippen LogP contribution in [-0.2, 0) is 6.54 Å². The lowest BCUT2D eigenvalue weighted by atomic mass is 9.97. The van der Waals surface area contributed by atoms with Gasteiger partial charge in [0.05, 0.1) is 24.0 Å². The molecule has 2 rings (SSSR count). The zero-order chi connectivity index (χ0) is 22.9. The number of nitrogens with one attached hydrogen (secondary N) is 4. The van der Waals surface area contributed by atoms with Crippen molar-refractivity contribution in [3.05, 3.63) is 58.7 Å². The van der Waals surface area contributed by atoms with E-state index in [-0.39, 0.29) is 11.5 Å². The molecule has 1 atom stereocenters. The summed E-state index contributed by atoms with van der Waals surface area (Å²) in [6, 6.07) is 2.28. The highest BCUT2D eigenvalue weighted by atomic mass is 15.0. The molecule has 0 bridgehead atoms. The Morgan fingerprint density at radius 3 is 2.68 bits per heavy atom. The molecule has 0 aromatic carbocycles. The number of likely N-dealkylation sites (N-methyl/N-ethyl adjacent to an activating group) is 2. The van der Waals surface area contributed by atoms with Gasteiger partial charge in [-0.05, 0) is 62.2 Å². The van der Waals surface area contributed by atoms with Crippen LogP contribution in [0.25, 0.3) is 0 Å². The molecule has 6 heteroatoms. The first kappa shape index (κ1) is 24.7. The van der Waals surface area contributed by atoms with E-state index < -0.39 is 0 Å². The summed E-state index contributed by atoms with van der Waals surface area (Å²) in [5.41, 5.74) is 5.78. The molecule has 1 unspecified atom stereocenters. The molecule has 0 radical (unpaired) electrons. The maximum Gasteiger partial charge on any atom is 0.128 e. The lowest BCUT2D eigenvalue weighted by molar-refractivity contribution is 0.442. The van der Waals surface area contributed by atoms with E-state index in [1.165, 1.54) is 0 Å². The zero-order valence-corrected chi connectivity index (χ0v) is 20.3. The lowest BCUT2D eigenvalue weighted by Gasteiger charge is -2.25. The van der Waals surface area contributed by atoms with E-state index in [1.54, 1.807) is 0 Å². The van der Waals surface area contributed by atoms with Crippen LogP contribution in [0.5, 0.6) is 0 Å². The van der Waals surface area contributed by atoms with Crippen LogP contribution in [0.15, 0.2) is 52.6 Å². The highest BCUT2D eigenvalue weighted by Gasteiger charge is 2.19. The molecular formula is C25H40N6. The number of aryl methyl sites for hydroxylation is 1. The summed E-state index contributed by atoms with van der Waals surface area (Å²) in [5.74, 6) is 0.949. The van der Waals surface area contributed by atoms with Crippen LogP contribution in [0.1, 0.15) is 52.2 Å². The standard InChI is InChI=1S/C25H40N6/c1-8-10-22(28-9-2)23-20(21(26-7)11-12-29-23)16-27-14-19-13-18(3)24(30-15-19)31-17-25(4,5)6/h10-13,15-16,21,26,28-29H,8-9,14,17H2,1-7H3,(H,30,31)/b22-10+,27-16?. The van der Waals surface area contributed by atoms with Gasteiger partial charge in [0, 0.05) is 31.1 Å². The molecule has 31 heavy (non-hydrogen) atoms. The Morgan fingerprint density at radius 1 is 1.29 bits per heavy atom. The molecule has 4 N–H and O–H groups in total. The van der Waals surface area contributed by atoms with Crippen molar-refractivity contribution in [2.45, 2.75) is 60.5 Å². The Hall–Kier alpha value is -2.60. The predicted octanol–water partition coefficient (Wildman–Crippen LogP) is 4.28. The maximum absolute atomic E-state index is 4.76. The third kappa shape index (κ3) is 7.55. The number of pyridine rings is 1. The van der Waals surface area contributed by atoms with Crippen molar-refractivity contribution in [3.8, 4) is 0 Å². The fourth-order valence-electron chi connectivity index (χ4n) is 3.36. The Balaban J connectivity index is 2.19. The number of allylic oxidation sites excluding steroid dienone is 1. The molecule has 1 aromatic heterocycles. The molecule has 1 aliphatic heterocycles. The van der Waals surface area contributed by atoms with Gasteiger partial charge in [0.1, 0.15) is 5.82 Å². The van der Waals surface area contributed by atoms with Crippen molar-refractivity contribution < 1.29 is 0 Å². The van der Waals surface area contributed by atoms with Gasteiger partial charge in [0.15, 0.2) is 0 Å². The number of aliphatic imine (C=N–C) groups is 1. The Morgan fingerprint density at radius 2 is 2.06 bits per heavy atom. The van der Waals surface area contributed by atoms with Crippen molar-refractivity contribution in [2.75, 3.05) is 25.5 Å². The van der Waals surface area contributed by atoms with E-state index in [0.717, 1.165) is 53.4 Å². The van der Waals surface area contributed by atoms with Gasteiger partial charge in [-0.15, -0.1) is 0 Å². The third-order valence-corrected chi connectivity index (χ3v) is 4.92. The molecule has 170 valence electrons. The molecule has 0 fully saturated rings. The first-order valence-electron chi connectivity index (χ1n) is 11.3. The largest absolute Gasteiger partial charge is 0.384 e. The first-order chi connectivity index (χ1) is 14.8. The second-order valence-electron chi connectivity index (χ2n) is 9.05. The van der Waals surface area contributed by atoms with E-state index in [4.69, 9.17) is 4.99 Å². The van der Waals surface area contributed by atoms with Crippen LogP contribution in [0, 0.1) is 12.3 Å². The second-order valence-corrected chi connectivity index (χ2v) is 9.05. The van der Waals surface area contributed by atoms with Crippen LogP contribution in [0.4, 0.5) is 5.82 Å². The van der Waals surface area contributed by atoms with Crippen molar-refractivity contribution in [2.24, 2.45) is 10.4 Å². The zero-order valence-electron chi connectivity index (χ0n) is 20.3. The van der Waals surface area contributed by atoms with Crippen molar-refractivity contribution >= 4 is 12.0 Å². The molecule has 1 aromatic rings. The van der Waals surface area contributed by atoms with Crippen molar-refractivity contribution in [1.29, 1.82) is 0 Å². The van der Waals surface area contributed by atoms with Gasteiger partial charge in [-0.1, -0.05) is 33.8 Å². The van der Waals surface area contributed by atoms with Crippen molar-refractivity contribution in [1.82, 2.24) is 20.9 Å². The summed E-state index contributed by atoms with van der Waals surface area (Å²) in [6.07, 6.45) is 11.2. The highest BCUT2D eigenvalue weighted by molar-refractivity contribution is 5.84. The Labute approximate surface area is 188 Å². The molecule has 0 amide bonds. The van der Waals surface area contributed by atoms with E-state index in [1.807, 2.05) is 25.7 Å². The quantitative estimate of drug-likeness (QED) is 0.422.